The molecular weight excluding hydrogens is 1800 g/mol. The minimum absolute atomic E-state index is 0.00758. The fourth-order valence-electron chi connectivity index (χ4n) is 18.8. The highest BCUT2D eigenvalue weighted by atomic mass is 16.4. The van der Waals surface area contributed by atoms with Crippen LogP contribution in [0, 0.1) is 0 Å². The number of unbranched alkanes of at least 4 members (excludes halogenated alkanes) is 14. The van der Waals surface area contributed by atoms with Gasteiger partial charge in [0.15, 0.2) is 11.6 Å². The minimum atomic E-state index is -1.69. The van der Waals surface area contributed by atoms with Gasteiger partial charge in [0.2, 0.25) is 23.6 Å². The van der Waals surface area contributed by atoms with Crippen molar-refractivity contribution in [2.75, 3.05) is 78.5 Å². The molecule has 142 heavy (non-hydrogen) atoms. The number of fused-ring (bicyclic) bond motifs is 4. The van der Waals surface area contributed by atoms with E-state index in [2.05, 4.69) is 89.4 Å². The molecule has 0 spiro atoms. The Kier molecular flexibility index (Phi) is 44.5. The lowest BCUT2D eigenvalue weighted by molar-refractivity contribution is -0.139. The highest BCUT2D eigenvalue weighted by Gasteiger charge is 2.30. The Bertz CT molecular complexity index is 6010. The molecule has 12 rings (SSSR count). The molecule has 30 nitrogen and oxygen atoms in total. The SMILES string of the molecule is CC(=O)c1ccc2c(CN(CCCCCCCN)Cc3ccccc3B(O)O)c3ccccc3c(CN(CCCCCCCN)Cc3ccccc3B(O)O)c2c1.CC(=O)c1ccc2c(CN(CCCCCCNC(=O)CNC(=O)CCN3C(=O)C=CC3=O)Cc3ccccc3B(O)O)c3ccccc3c(CN(CCCCCCNC(=O)CNC(=O)CCN3C(=O)C=CC3=O)Cc3ccccc3B(O)O)c2c1. The summed E-state index contributed by atoms with van der Waals surface area (Å²) in [6, 6.07) is 58.1. The molecule has 748 valence electrons. The number of hydrogen-bond donors (Lipinski definition) is 14. The van der Waals surface area contributed by atoms with E-state index in [1.54, 1.807) is 43.3 Å². The van der Waals surface area contributed by atoms with Crippen LogP contribution in [0.4, 0.5) is 0 Å². The molecule has 10 aromatic carbocycles. The number of carbonyl (C=O) groups is 10. The van der Waals surface area contributed by atoms with E-state index in [1.165, 1.54) is 12.5 Å². The van der Waals surface area contributed by atoms with Crippen molar-refractivity contribution < 1.29 is 88.1 Å². The highest BCUT2D eigenvalue weighted by molar-refractivity contribution is 6.60. The second-order valence-electron chi connectivity index (χ2n) is 36.8. The summed E-state index contributed by atoms with van der Waals surface area (Å²) < 4.78 is 0. The average Bonchev–Trinajstić information content (AvgIpc) is 1.20. The molecule has 8 amide bonds. The van der Waals surface area contributed by atoms with Gasteiger partial charge < -0.3 is 72.9 Å². The first-order valence-electron chi connectivity index (χ1n) is 49.8. The van der Waals surface area contributed by atoms with Gasteiger partial charge in [0.05, 0.1) is 13.1 Å². The van der Waals surface area contributed by atoms with Gasteiger partial charge in [-0.3, -0.25) is 77.3 Å². The molecule has 0 radical (unpaired) electrons. The number of hydrogen-bond acceptors (Lipinski definition) is 24. The number of nitrogens with zero attached hydrogens (tertiary/aromatic N) is 6. The van der Waals surface area contributed by atoms with E-state index < -0.39 is 63.9 Å². The fourth-order valence-corrected chi connectivity index (χ4v) is 18.8. The topological polar surface area (TPSA) is 452 Å². The summed E-state index contributed by atoms with van der Waals surface area (Å²) in [6.45, 7) is 11.6. The Hall–Kier alpha value is -12.1. The van der Waals surface area contributed by atoms with Crippen LogP contribution in [0.25, 0.3) is 43.1 Å². The first-order valence-corrected chi connectivity index (χ1v) is 49.8. The van der Waals surface area contributed by atoms with E-state index in [1.807, 2.05) is 97.1 Å². The smallest absolute Gasteiger partial charge is 0.423 e. The summed E-state index contributed by atoms with van der Waals surface area (Å²) in [4.78, 5) is 134. The molecule has 2 aliphatic heterocycles. The molecule has 2 aliphatic rings. The molecule has 0 saturated heterocycles. The van der Waals surface area contributed by atoms with Gasteiger partial charge in [0.25, 0.3) is 23.6 Å². The summed E-state index contributed by atoms with van der Waals surface area (Å²) in [7, 11) is -6.51. The molecule has 34 heteroatoms. The fraction of sp³-hybridized carbons (Fsp3) is 0.389. The lowest BCUT2D eigenvalue weighted by Crippen LogP contribution is -2.39. The number of rotatable bonds is 60. The number of carbonyl (C=O) groups excluding carboxylic acids is 10. The predicted octanol–water partition coefficient (Wildman–Crippen LogP) is 7.15. The third-order valence-electron chi connectivity index (χ3n) is 26.4. The van der Waals surface area contributed by atoms with Gasteiger partial charge in [0.1, 0.15) is 0 Å². The molecule has 2 heterocycles. The van der Waals surface area contributed by atoms with Crippen LogP contribution in [-0.2, 0) is 90.7 Å². The van der Waals surface area contributed by atoms with Gasteiger partial charge in [-0.25, -0.2) is 0 Å². The maximum atomic E-state index is 13.2. The number of nitrogens with two attached hydrogens (primary N) is 2. The summed E-state index contributed by atoms with van der Waals surface area (Å²) in [5.41, 5.74) is 22.1. The highest BCUT2D eigenvalue weighted by Crippen LogP contribution is 2.39. The van der Waals surface area contributed by atoms with Crippen molar-refractivity contribution in [2.45, 2.75) is 195 Å². The van der Waals surface area contributed by atoms with Gasteiger partial charge in [-0.2, -0.15) is 0 Å². The first-order chi connectivity index (χ1) is 68.7. The van der Waals surface area contributed by atoms with Crippen molar-refractivity contribution in [2.24, 2.45) is 11.5 Å². The Balaban J connectivity index is 0.000000293. The summed E-state index contributed by atoms with van der Waals surface area (Å²) in [6.07, 6.45) is 21.1. The van der Waals surface area contributed by atoms with E-state index in [-0.39, 0.29) is 62.4 Å². The van der Waals surface area contributed by atoms with E-state index in [4.69, 9.17) is 11.5 Å². The van der Waals surface area contributed by atoms with Crippen molar-refractivity contribution in [1.29, 1.82) is 0 Å². The van der Waals surface area contributed by atoms with Crippen molar-refractivity contribution in [3.8, 4) is 0 Å². The van der Waals surface area contributed by atoms with Crippen LogP contribution < -0.4 is 54.6 Å². The lowest BCUT2D eigenvalue weighted by atomic mass is 9.77. The zero-order chi connectivity index (χ0) is 101. The standard InChI is InChI=1S/C62H74B2N8O13.C46H62B2N4O5/c1-43(73)44-22-23-49-50(36-44)52(42-70(40-46-17-7-11-21-54(46)64(84)85)33-15-5-3-13-31-66-58(77)38-68-56(75)29-35-72-61(80)26-27-62(72)81)48-19-9-8-18-47(48)51(49)41-69(39-45-16-6-10-20-53(45)63(82)83)32-14-4-2-12-30-65-57(76)37-67-55(74)28-34-71-59(78)24-25-60(71)79;1-35(53)36-24-25-41-42(30-36)44(34-52(29-17-7-3-5-15-27-50)32-38-19-9-13-23-46(38)48(56)57)40-21-11-10-20-39(40)43(41)33-51(28-16-6-2-4-14-26-49)31-37-18-8-12-22-45(37)47(54)55/h6-11,16-27,36,82-85H,2-5,12-15,28-35,37-42H2,1H3,(H,65,76)(H,66,77)(H,67,74)(H,68,75);8-13,18-25,30,54-57H,2-7,14-17,26-29,31-34,49-50H2,1H3. The molecule has 0 aromatic heterocycles. The zero-order valence-corrected chi connectivity index (χ0v) is 81.7. The summed E-state index contributed by atoms with van der Waals surface area (Å²) >= 11 is 0. The number of nitrogens with one attached hydrogen (secondary N) is 4. The number of amides is 8. The van der Waals surface area contributed by atoms with Crippen LogP contribution in [0.3, 0.4) is 0 Å². The van der Waals surface area contributed by atoms with Crippen LogP contribution >= 0.6 is 0 Å². The van der Waals surface area contributed by atoms with E-state index in [0.29, 0.717) is 137 Å². The molecule has 10 aromatic rings. The van der Waals surface area contributed by atoms with Gasteiger partial charge in [-0.15, -0.1) is 0 Å². The lowest BCUT2D eigenvalue weighted by Gasteiger charge is -2.28. The molecule has 0 atom stereocenters. The number of Topliss-reactive ketones (excluding diaryl/α,β-unsaturated/α-hetero) is 2. The first kappa shape index (κ1) is 110. The maximum absolute atomic E-state index is 13.2. The van der Waals surface area contributed by atoms with Gasteiger partial charge in [-0.1, -0.05) is 234 Å². The Morgan fingerprint density at radius 3 is 0.810 bits per heavy atom. The van der Waals surface area contributed by atoms with Crippen LogP contribution in [-0.4, -0.2) is 235 Å². The molecule has 0 bridgehead atoms. The maximum Gasteiger partial charge on any atom is 0.488 e. The second kappa shape index (κ2) is 57.3. The van der Waals surface area contributed by atoms with Crippen molar-refractivity contribution >= 4 is 152 Å². The van der Waals surface area contributed by atoms with Crippen LogP contribution in [0.5, 0.6) is 0 Å². The van der Waals surface area contributed by atoms with Crippen molar-refractivity contribution in [3.63, 3.8) is 0 Å². The van der Waals surface area contributed by atoms with Crippen LogP contribution in [0.15, 0.2) is 206 Å². The molecule has 16 N–H and O–H groups in total. The second-order valence-corrected chi connectivity index (χ2v) is 36.8. The average molecular weight is 1930 g/mol. The Labute approximate surface area is 832 Å². The molecule has 0 fully saturated rings. The van der Waals surface area contributed by atoms with Crippen LogP contribution in [0.1, 0.15) is 207 Å². The van der Waals surface area contributed by atoms with Crippen LogP contribution in [0.2, 0.25) is 0 Å². The normalized spacial score (nSPS) is 12.5. The number of ketones is 2. The molecule has 0 unspecified atom stereocenters. The third kappa shape index (κ3) is 33.0. The summed E-state index contributed by atoms with van der Waals surface area (Å²) in [5, 5.41) is 102. The molecular formula is C108H136B4N12O18. The Morgan fingerprint density at radius 2 is 0.535 bits per heavy atom. The van der Waals surface area contributed by atoms with Gasteiger partial charge in [-0.05, 0) is 226 Å². The summed E-state index contributed by atoms with van der Waals surface area (Å²) in [5.74, 6) is -3.64. The predicted molar refractivity (Wildman–Crippen MR) is 559 cm³/mol. The van der Waals surface area contributed by atoms with Gasteiger partial charge >= 0.3 is 28.5 Å². The van der Waals surface area contributed by atoms with E-state index in [9.17, 15) is 88.1 Å². The molecule has 0 aliphatic carbocycles. The molecule has 0 saturated carbocycles. The Morgan fingerprint density at radius 1 is 0.289 bits per heavy atom. The number of imide groups is 2. The van der Waals surface area contributed by atoms with Crippen molar-refractivity contribution in [3.05, 3.63) is 262 Å². The largest absolute Gasteiger partial charge is 0.488 e. The van der Waals surface area contributed by atoms with E-state index in [0.717, 1.165) is 232 Å². The third-order valence-corrected chi connectivity index (χ3v) is 26.4. The number of benzene rings is 10. The minimum Gasteiger partial charge on any atom is -0.423 e. The van der Waals surface area contributed by atoms with Crippen molar-refractivity contribution in [1.82, 2.24) is 50.7 Å². The monoisotopic (exact) mass is 1930 g/mol. The zero-order valence-electron chi connectivity index (χ0n) is 81.7. The quantitative estimate of drug-likeness (QED) is 0.00591. The van der Waals surface area contributed by atoms with Gasteiger partial charge in [0, 0.05) is 127 Å². The van der Waals surface area contributed by atoms with E-state index >= 15 is 0 Å².